The highest BCUT2D eigenvalue weighted by Crippen LogP contribution is 2.53. The minimum absolute atomic E-state index is 0.00672. The molecule has 1 heterocycles. The Morgan fingerprint density at radius 1 is 0.973 bits per heavy atom. The number of aryl methyl sites for hydroxylation is 1. The van der Waals surface area contributed by atoms with Crippen molar-refractivity contribution in [2.24, 2.45) is 11.8 Å². The first-order chi connectivity index (χ1) is 17.9. The summed E-state index contributed by atoms with van der Waals surface area (Å²) in [4.78, 5) is 42.9. The molecule has 1 N–H and O–H groups in total. The lowest BCUT2D eigenvalue weighted by molar-refractivity contribution is -0.143. The molecule has 4 atom stereocenters. The molecule has 194 valence electrons. The number of rotatable bonds is 6. The summed E-state index contributed by atoms with van der Waals surface area (Å²) in [6.45, 7) is 0. The topological polar surface area (TPSA) is 77.9 Å². The van der Waals surface area contributed by atoms with Crippen molar-refractivity contribution >= 4 is 35.1 Å². The van der Waals surface area contributed by atoms with E-state index < -0.39 is 5.97 Å². The van der Waals surface area contributed by atoms with Crippen LogP contribution in [0.5, 0.6) is 0 Å². The Morgan fingerprint density at radius 3 is 2.51 bits per heavy atom. The number of carboxylic acids is 1. The molecule has 7 heteroatoms. The smallest absolute Gasteiger partial charge is 0.303 e. The van der Waals surface area contributed by atoms with Gasteiger partial charge in [0.2, 0.25) is 11.8 Å². The van der Waals surface area contributed by atoms with Crippen LogP contribution >= 0.6 is 11.6 Å². The van der Waals surface area contributed by atoms with Crippen molar-refractivity contribution < 1.29 is 19.5 Å². The first-order valence-corrected chi connectivity index (χ1v) is 14.0. The van der Waals surface area contributed by atoms with Gasteiger partial charge < -0.3 is 14.9 Å². The molecule has 2 fully saturated rings. The van der Waals surface area contributed by atoms with Crippen LogP contribution in [-0.2, 0) is 27.2 Å². The van der Waals surface area contributed by atoms with Gasteiger partial charge in [-0.05, 0) is 73.8 Å². The first-order valence-electron chi connectivity index (χ1n) is 13.6. The lowest BCUT2D eigenvalue weighted by Gasteiger charge is -2.48. The molecule has 2 saturated carbocycles. The van der Waals surface area contributed by atoms with Gasteiger partial charge in [-0.15, -0.1) is 0 Å². The van der Waals surface area contributed by atoms with E-state index >= 15 is 0 Å². The van der Waals surface area contributed by atoms with E-state index in [0.717, 1.165) is 62.6 Å². The van der Waals surface area contributed by atoms with Gasteiger partial charge in [0.1, 0.15) is 0 Å². The molecule has 1 unspecified atom stereocenters. The van der Waals surface area contributed by atoms with E-state index in [1.165, 1.54) is 11.1 Å². The molecule has 0 bridgehead atoms. The van der Waals surface area contributed by atoms with Crippen LogP contribution in [0.25, 0.3) is 0 Å². The Labute approximate surface area is 222 Å². The number of carbonyl (C=O) groups excluding carboxylic acids is 2. The zero-order chi connectivity index (χ0) is 25.7. The summed E-state index contributed by atoms with van der Waals surface area (Å²) in [7, 11) is 0. The van der Waals surface area contributed by atoms with Crippen molar-refractivity contribution in [1.82, 2.24) is 4.90 Å². The molecule has 3 aliphatic carbocycles. The van der Waals surface area contributed by atoms with Gasteiger partial charge in [-0.2, -0.15) is 0 Å². The average Bonchev–Trinajstić information content (AvgIpc) is 3.62. The van der Waals surface area contributed by atoms with E-state index in [-0.39, 0.29) is 54.6 Å². The fourth-order valence-corrected chi connectivity index (χ4v) is 7.23. The Balaban J connectivity index is 1.37. The molecule has 6 nitrogen and oxygen atoms in total. The number of nitrogens with zero attached hydrogens (tertiary/aromatic N) is 2. The van der Waals surface area contributed by atoms with Crippen LogP contribution < -0.4 is 4.90 Å². The van der Waals surface area contributed by atoms with Crippen molar-refractivity contribution in [2.45, 2.75) is 82.3 Å². The number of carbonyl (C=O) groups is 3. The molecule has 2 aromatic carbocycles. The predicted molar refractivity (Wildman–Crippen MR) is 142 cm³/mol. The highest BCUT2D eigenvalue weighted by Gasteiger charge is 2.52. The zero-order valence-corrected chi connectivity index (χ0v) is 21.7. The van der Waals surface area contributed by atoms with Crippen LogP contribution in [0.4, 0.5) is 5.69 Å². The van der Waals surface area contributed by atoms with Crippen LogP contribution in [0.3, 0.4) is 0 Å². The normalized spacial score (nSPS) is 26.1. The van der Waals surface area contributed by atoms with Crippen molar-refractivity contribution in [3.63, 3.8) is 0 Å². The number of anilines is 1. The molecule has 0 radical (unpaired) electrons. The maximum Gasteiger partial charge on any atom is 0.303 e. The van der Waals surface area contributed by atoms with Gasteiger partial charge in [0.15, 0.2) is 0 Å². The molecule has 6 rings (SSSR count). The van der Waals surface area contributed by atoms with Crippen molar-refractivity contribution in [3.05, 3.63) is 64.2 Å². The molecule has 2 amide bonds. The zero-order valence-electron chi connectivity index (χ0n) is 20.9. The third-order valence-electron chi connectivity index (χ3n) is 8.85. The van der Waals surface area contributed by atoms with E-state index in [4.69, 9.17) is 11.6 Å². The molecule has 2 aromatic rings. The second kappa shape index (κ2) is 9.79. The fourth-order valence-electron chi connectivity index (χ4n) is 7.07. The molecule has 0 spiro atoms. The van der Waals surface area contributed by atoms with Crippen LogP contribution in [0, 0.1) is 11.8 Å². The highest BCUT2D eigenvalue weighted by atomic mass is 35.5. The molecular weight excluding hydrogens is 488 g/mol. The van der Waals surface area contributed by atoms with Crippen LogP contribution in [-0.4, -0.2) is 39.9 Å². The number of carboxylic acid groups (broad SMARTS) is 1. The standard InChI is InChI=1S/C30H33ClN2O4/c31-21-10-13-24-26(17-21)33(30(37)20-9-8-18-4-1-2-5-19(18)16-20)25-7-3-6-23(25)29(24)32(22-11-12-22)27(34)14-15-28(35)36/h1-2,4-5,10,13,17,20,22-23,25,29H,3,6-9,11-12,14-16H2,(H,35,36)/t20?,23-,25+,29-/m1/s1. The monoisotopic (exact) mass is 520 g/mol. The molecule has 4 aliphatic rings. The highest BCUT2D eigenvalue weighted by molar-refractivity contribution is 6.31. The number of benzene rings is 2. The third-order valence-corrected chi connectivity index (χ3v) is 9.09. The molecular formula is C30H33ClN2O4. The Morgan fingerprint density at radius 2 is 1.76 bits per heavy atom. The van der Waals surface area contributed by atoms with Gasteiger partial charge in [0, 0.05) is 35.4 Å². The summed E-state index contributed by atoms with van der Waals surface area (Å²) in [5, 5.41) is 9.78. The average molecular weight is 521 g/mol. The summed E-state index contributed by atoms with van der Waals surface area (Å²) in [6.07, 6.45) is 7.10. The summed E-state index contributed by atoms with van der Waals surface area (Å²) in [5.74, 6) is -0.808. The van der Waals surface area contributed by atoms with E-state index in [9.17, 15) is 19.5 Å². The quantitative estimate of drug-likeness (QED) is 0.541. The van der Waals surface area contributed by atoms with Crippen LogP contribution in [0.15, 0.2) is 42.5 Å². The van der Waals surface area contributed by atoms with Gasteiger partial charge in [0.25, 0.3) is 0 Å². The van der Waals surface area contributed by atoms with Crippen molar-refractivity contribution in [3.8, 4) is 0 Å². The van der Waals surface area contributed by atoms with Gasteiger partial charge in [-0.25, -0.2) is 0 Å². The lowest BCUT2D eigenvalue weighted by atomic mass is 9.78. The van der Waals surface area contributed by atoms with Crippen molar-refractivity contribution in [2.75, 3.05) is 4.90 Å². The maximum absolute atomic E-state index is 14.3. The summed E-state index contributed by atoms with van der Waals surface area (Å²) in [5.41, 5.74) is 4.42. The number of halogens is 1. The second-order valence-electron chi connectivity index (χ2n) is 11.2. The molecule has 37 heavy (non-hydrogen) atoms. The predicted octanol–water partition coefficient (Wildman–Crippen LogP) is 5.56. The van der Waals surface area contributed by atoms with Crippen molar-refractivity contribution in [1.29, 1.82) is 0 Å². The molecule has 0 saturated heterocycles. The molecule has 1 aliphatic heterocycles. The van der Waals surface area contributed by atoms with Gasteiger partial charge in [-0.1, -0.05) is 48.4 Å². The van der Waals surface area contributed by atoms with Gasteiger partial charge in [-0.3, -0.25) is 14.4 Å². The minimum Gasteiger partial charge on any atom is -0.481 e. The Hall–Kier alpha value is -2.86. The second-order valence-corrected chi connectivity index (χ2v) is 11.6. The lowest BCUT2D eigenvalue weighted by Crippen LogP contribution is -2.54. The van der Waals surface area contributed by atoms with Crippen LogP contribution in [0.1, 0.15) is 74.1 Å². The van der Waals surface area contributed by atoms with Gasteiger partial charge in [0.05, 0.1) is 18.2 Å². The Kier molecular flexibility index (Phi) is 6.47. The summed E-state index contributed by atoms with van der Waals surface area (Å²) in [6, 6.07) is 14.2. The Bertz CT molecular complexity index is 1240. The number of aliphatic carboxylic acids is 1. The van der Waals surface area contributed by atoms with Crippen LogP contribution in [0.2, 0.25) is 5.02 Å². The minimum atomic E-state index is -0.954. The third kappa shape index (κ3) is 4.54. The number of hydrogen-bond donors (Lipinski definition) is 1. The summed E-state index contributed by atoms with van der Waals surface area (Å²) >= 11 is 6.51. The van der Waals surface area contributed by atoms with E-state index in [1.54, 1.807) is 0 Å². The number of fused-ring (bicyclic) bond motifs is 3. The maximum atomic E-state index is 14.3. The first kappa shape index (κ1) is 24.5. The summed E-state index contributed by atoms with van der Waals surface area (Å²) < 4.78 is 0. The van der Waals surface area contributed by atoms with E-state index in [2.05, 4.69) is 18.2 Å². The SMILES string of the molecule is O=C(O)CCC(=O)N(C1CC1)[C@H]1c2ccc(Cl)cc2N(C(=O)C2CCc3ccccc3C2)[C@H]2CCC[C@H]21. The van der Waals surface area contributed by atoms with E-state index in [1.807, 2.05) is 34.1 Å². The molecule has 0 aromatic heterocycles. The van der Waals surface area contributed by atoms with Gasteiger partial charge >= 0.3 is 5.97 Å². The largest absolute Gasteiger partial charge is 0.481 e. The van der Waals surface area contributed by atoms with E-state index in [0.29, 0.717) is 5.02 Å². The fraction of sp³-hybridized carbons (Fsp3) is 0.500. The number of amides is 2. The number of hydrogen-bond acceptors (Lipinski definition) is 3.